The number of hydrogen-bond acceptors (Lipinski definition) is 4. The fraction of sp³-hybridized carbons (Fsp3) is 0.880. The Kier molecular flexibility index (Phi) is 12.3. The topological polar surface area (TPSA) is 95.5 Å². The van der Waals surface area contributed by atoms with E-state index in [4.69, 9.17) is 0 Å². The molecule has 0 aromatic rings. The maximum atomic E-state index is 13.2. The number of hydrogen-bond donors (Lipinski definition) is 3. The van der Waals surface area contributed by atoms with Crippen LogP contribution in [0.5, 0.6) is 0 Å². The highest BCUT2D eigenvalue weighted by Crippen LogP contribution is 2.28. The molecule has 0 unspecified atom stereocenters. The average molecular weight is 439 g/mol. The van der Waals surface area contributed by atoms with E-state index in [9.17, 15) is 19.5 Å². The Balaban J connectivity index is 2.90. The molecule has 0 heterocycles. The summed E-state index contributed by atoms with van der Waals surface area (Å²) in [5, 5.41) is 16.6. The van der Waals surface area contributed by atoms with E-state index in [1.807, 2.05) is 13.8 Å². The summed E-state index contributed by atoms with van der Waals surface area (Å²) < 4.78 is 0. The van der Waals surface area contributed by atoms with Gasteiger partial charge in [0.05, 0.1) is 6.04 Å². The van der Waals surface area contributed by atoms with Gasteiger partial charge in [-0.05, 0) is 37.0 Å². The van der Waals surface area contributed by atoms with E-state index in [2.05, 4.69) is 24.5 Å². The van der Waals surface area contributed by atoms with Gasteiger partial charge in [0, 0.05) is 12.3 Å². The van der Waals surface area contributed by atoms with Crippen LogP contribution in [0.25, 0.3) is 0 Å². The molecule has 31 heavy (non-hydrogen) atoms. The van der Waals surface area contributed by atoms with Gasteiger partial charge in [0.25, 0.3) is 0 Å². The van der Waals surface area contributed by atoms with E-state index < -0.39 is 18.2 Å². The van der Waals surface area contributed by atoms with Crippen molar-refractivity contribution in [2.45, 2.75) is 118 Å². The molecule has 0 saturated heterocycles. The molecule has 0 radical (unpaired) electrons. The third kappa shape index (κ3) is 10.6. The van der Waals surface area contributed by atoms with Crippen molar-refractivity contribution in [3.05, 3.63) is 0 Å². The van der Waals surface area contributed by atoms with Crippen molar-refractivity contribution < 1.29 is 19.5 Å². The van der Waals surface area contributed by atoms with Crippen LogP contribution in [-0.4, -0.2) is 40.9 Å². The lowest BCUT2D eigenvalue weighted by Gasteiger charge is -2.31. The van der Waals surface area contributed by atoms with E-state index in [0.717, 1.165) is 32.1 Å². The number of carbonyl (C=O) groups excluding carboxylic acids is 3. The highest BCUT2D eigenvalue weighted by atomic mass is 16.3. The predicted octanol–water partition coefficient (Wildman–Crippen LogP) is 3.99. The van der Waals surface area contributed by atoms with Crippen LogP contribution in [-0.2, 0) is 14.4 Å². The van der Waals surface area contributed by atoms with Crippen molar-refractivity contribution in [3.8, 4) is 0 Å². The molecule has 1 aliphatic rings. The Bertz CT molecular complexity index is 568. The van der Waals surface area contributed by atoms with Crippen LogP contribution in [0.2, 0.25) is 0 Å². The monoisotopic (exact) mass is 438 g/mol. The second-order valence-electron chi connectivity index (χ2n) is 10.5. The summed E-state index contributed by atoms with van der Waals surface area (Å²) in [4.78, 5) is 38.0. The molecule has 0 aromatic carbocycles. The normalized spacial score (nSPS) is 18.1. The van der Waals surface area contributed by atoms with E-state index in [1.165, 1.54) is 6.42 Å². The van der Waals surface area contributed by atoms with Gasteiger partial charge in [0.2, 0.25) is 11.8 Å². The summed E-state index contributed by atoms with van der Waals surface area (Å²) in [5.41, 5.74) is 0. The van der Waals surface area contributed by atoms with Gasteiger partial charge in [0.15, 0.2) is 5.78 Å². The smallest absolute Gasteiger partial charge is 0.242 e. The second-order valence-corrected chi connectivity index (χ2v) is 10.5. The molecule has 180 valence electrons. The maximum absolute atomic E-state index is 13.2. The standard InChI is InChI=1S/C25H46N2O4/c1-16(2)12-13-22(28)26-21(14-17(3)4)25(31)27-20(24(30)23(29)18(5)6)15-19-10-8-7-9-11-19/h16-21,24,30H,7-15H2,1-6H3,(H,26,28)(H,27,31)/t20-,21-,24+/m0/s1. The first-order chi connectivity index (χ1) is 14.5. The molecule has 6 heteroatoms. The van der Waals surface area contributed by atoms with Crippen molar-refractivity contribution in [2.75, 3.05) is 0 Å². The lowest BCUT2D eigenvalue weighted by atomic mass is 9.82. The summed E-state index contributed by atoms with van der Waals surface area (Å²) >= 11 is 0. The number of Topliss-reactive ketones (excluding diaryl/α,β-unsaturated/α-hetero) is 1. The molecule has 0 aromatic heterocycles. The first-order valence-corrected chi connectivity index (χ1v) is 12.3. The summed E-state index contributed by atoms with van der Waals surface area (Å²) in [6.07, 6.45) is 6.72. The second kappa shape index (κ2) is 13.9. The van der Waals surface area contributed by atoms with Gasteiger partial charge < -0.3 is 15.7 Å². The van der Waals surface area contributed by atoms with Crippen molar-refractivity contribution in [2.24, 2.45) is 23.7 Å². The zero-order valence-corrected chi connectivity index (χ0v) is 20.6. The minimum atomic E-state index is -1.22. The largest absolute Gasteiger partial charge is 0.383 e. The molecule has 6 nitrogen and oxygen atoms in total. The molecule has 1 saturated carbocycles. The van der Waals surface area contributed by atoms with Crippen LogP contribution in [0.4, 0.5) is 0 Å². The van der Waals surface area contributed by atoms with Gasteiger partial charge >= 0.3 is 0 Å². The predicted molar refractivity (Wildman–Crippen MR) is 124 cm³/mol. The van der Waals surface area contributed by atoms with Crippen molar-refractivity contribution >= 4 is 17.6 Å². The molecular weight excluding hydrogens is 392 g/mol. The molecule has 1 aliphatic carbocycles. The molecule has 1 fully saturated rings. The van der Waals surface area contributed by atoms with Crippen LogP contribution in [0, 0.1) is 23.7 Å². The Labute approximate surface area is 189 Å². The van der Waals surface area contributed by atoms with Gasteiger partial charge in [0.1, 0.15) is 12.1 Å². The Hall–Kier alpha value is -1.43. The third-order valence-corrected chi connectivity index (χ3v) is 6.19. The average Bonchev–Trinajstić information content (AvgIpc) is 2.70. The number of carbonyl (C=O) groups is 3. The number of nitrogens with one attached hydrogen (secondary N) is 2. The SMILES string of the molecule is CC(C)CCC(=O)N[C@@H](CC(C)C)C(=O)N[C@@H](CC1CCCCC1)[C@@H](O)C(=O)C(C)C. The number of aliphatic hydroxyl groups excluding tert-OH is 1. The van der Waals surface area contributed by atoms with Crippen LogP contribution >= 0.6 is 0 Å². The first-order valence-electron chi connectivity index (χ1n) is 12.3. The maximum Gasteiger partial charge on any atom is 0.242 e. The molecular formula is C25H46N2O4. The first kappa shape index (κ1) is 27.6. The van der Waals surface area contributed by atoms with Gasteiger partial charge in [-0.2, -0.15) is 0 Å². The summed E-state index contributed by atoms with van der Waals surface area (Å²) in [6.45, 7) is 11.7. The Morgan fingerprint density at radius 3 is 2.03 bits per heavy atom. The van der Waals surface area contributed by atoms with E-state index in [1.54, 1.807) is 13.8 Å². The minimum Gasteiger partial charge on any atom is -0.383 e. The number of amides is 2. The lowest BCUT2D eigenvalue weighted by molar-refractivity contribution is -0.135. The van der Waals surface area contributed by atoms with Crippen LogP contribution in [0.1, 0.15) is 99.3 Å². The lowest BCUT2D eigenvalue weighted by Crippen LogP contribution is -2.55. The van der Waals surface area contributed by atoms with Gasteiger partial charge in [-0.3, -0.25) is 14.4 Å². The minimum absolute atomic E-state index is 0.128. The fourth-order valence-corrected chi connectivity index (χ4v) is 4.26. The summed E-state index contributed by atoms with van der Waals surface area (Å²) in [5.74, 6) is 0.0591. The summed E-state index contributed by atoms with van der Waals surface area (Å²) in [7, 11) is 0. The van der Waals surface area contributed by atoms with E-state index in [0.29, 0.717) is 31.1 Å². The van der Waals surface area contributed by atoms with Crippen LogP contribution < -0.4 is 10.6 Å². The van der Waals surface area contributed by atoms with Gasteiger partial charge in [-0.15, -0.1) is 0 Å². The molecule has 3 atom stereocenters. The summed E-state index contributed by atoms with van der Waals surface area (Å²) in [6, 6.07) is -1.28. The molecule has 0 spiro atoms. The van der Waals surface area contributed by atoms with E-state index in [-0.39, 0.29) is 29.4 Å². The molecule has 0 bridgehead atoms. The highest BCUT2D eigenvalue weighted by Gasteiger charge is 2.33. The van der Waals surface area contributed by atoms with E-state index >= 15 is 0 Å². The van der Waals surface area contributed by atoms with Gasteiger partial charge in [-0.1, -0.05) is 73.6 Å². The molecule has 1 rings (SSSR count). The zero-order chi connectivity index (χ0) is 23.6. The molecule has 0 aliphatic heterocycles. The Morgan fingerprint density at radius 1 is 0.903 bits per heavy atom. The van der Waals surface area contributed by atoms with Crippen LogP contribution in [0.3, 0.4) is 0 Å². The van der Waals surface area contributed by atoms with Crippen molar-refractivity contribution in [1.82, 2.24) is 10.6 Å². The van der Waals surface area contributed by atoms with Gasteiger partial charge in [-0.25, -0.2) is 0 Å². The third-order valence-electron chi connectivity index (χ3n) is 6.19. The quantitative estimate of drug-likeness (QED) is 0.405. The molecule has 3 N–H and O–H groups in total. The number of aliphatic hydroxyl groups is 1. The highest BCUT2D eigenvalue weighted by molar-refractivity contribution is 5.89. The Morgan fingerprint density at radius 2 is 1.52 bits per heavy atom. The number of ketones is 1. The molecule has 2 amide bonds. The van der Waals surface area contributed by atoms with Crippen LogP contribution in [0.15, 0.2) is 0 Å². The van der Waals surface area contributed by atoms with Crippen molar-refractivity contribution in [3.63, 3.8) is 0 Å². The number of rotatable bonds is 13. The fourth-order valence-electron chi connectivity index (χ4n) is 4.26. The van der Waals surface area contributed by atoms with Crippen molar-refractivity contribution in [1.29, 1.82) is 0 Å². The zero-order valence-electron chi connectivity index (χ0n) is 20.6.